The van der Waals surface area contributed by atoms with E-state index < -0.39 is 0 Å². The van der Waals surface area contributed by atoms with Crippen molar-refractivity contribution in [3.8, 4) is 5.75 Å². The highest BCUT2D eigenvalue weighted by Crippen LogP contribution is 2.39. The Hall–Kier alpha value is -1.52. The molecule has 0 bridgehead atoms. The Labute approximate surface area is 125 Å². The molecule has 2 aromatic rings. The fourth-order valence-corrected chi connectivity index (χ4v) is 3.36. The number of ether oxygens (including phenoxy) is 1. The van der Waals surface area contributed by atoms with E-state index in [0.29, 0.717) is 5.75 Å². The number of nitrogens with zero attached hydrogens (tertiary/aromatic N) is 2. The Bertz CT molecular complexity index is 671. The van der Waals surface area contributed by atoms with E-state index in [1.165, 1.54) is 22.2 Å². The van der Waals surface area contributed by atoms with E-state index in [1.54, 1.807) is 6.07 Å². The number of rotatable bonds is 3. The highest BCUT2D eigenvalue weighted by atomic mass is 16.5. The van der Waals surface area contributed by atoms with Crippen LogP contribution in [-0.2, 0) is 23.3 Å². The van der Waals surface area contributed by atoms with Gasteiger partial charge >= 0.3 is 0 Å². The van der Waals surface area contributed by atoms with E-state index >= 15 is 0 Å². The van der Waals surface area contributed by atoms with Gasteiger partial charge in [-0.25, -0.2) is 0 Å². The predicted molar refractivity (Wildman–Crippen MR) is 84.8 cm³/mol. The van der Waals surface area contributed by atoms with Gasteiger partial charge in [0.2, 0.25) is 0 Å². The van der Waals surface area contributed by atoms with E-state index in [2.05, 4.69) is 37.4 Å². The molecule has 0 fully saturated rings. The molecule has 0 radical (unpaired) electrons. The lowest BCUT2D eigenvalue weighted by Crippen LogP contribution is -2.32. The molecule has 0 unspecified atom stereocenters. The predicted octanol–water partition coefficient (Wildman–Crippen LogP) is 2.72. The van der Waals surface area contributed by atoms with Gasteiger partial charge in [0.15, 0.2) is 0 Å². The minimum Gasteiger partial charge on any atom is -0.508 e. The van der Waals surface area contributed by atoms with Crippen molar-refractivity contribution < 1.29 is 9.84 Å². The minimum atomic E-state index is -0.283. The van der Waals surface area contributed by atoms with Crippen molar-refractivity contribution in [1.29, 1.82) is 0 Å². The standard InChI is InChI=1S/C17H24N2O2/c1-17(2)16-13(7-10-21-17)14-11-12(20)5-6-15(14)19(16)9-8-18(3)4/h5-6,11,20H,7-10H2,1-4H3. The van der Waals surface area contributed by atoms with Crippen LogP contribution in [0.15, 0.2) is 18.2 Å². The summed E-state index contributed by atoms with van der Waals surface area (Å²) in [5.74, 6) is 0.333. The van der Waals surface area contributed by atoms with E-state index in [1.807, 2.05) is 12.1 Å². The van der Waals surface area contributed by atoms with Crippen LogP contribution in [0.3, 0.4) is 0 Å². The lowest BCUT2D eigenvalue weighted by Gasteiger charge is -2.33. The molecule has 1 aromatic heterocycles. The molecule has 1 aliphatic heterocycles. The normalized spacial score (nSPS) is 17.4. The van der Waals surface area contributed by atoms with E-state index in [4.69, 9.17) is 4.74 Å². The number of hydrogen-bond acceptors (Lipinski definition) is 3. The third-order valence-electron chi connectivity index (χ3n) is 4.31. The molecule has 1 aliphatic rings. The first-order valence-corrected chi connectivity index (χ1v) is 7.53. The van der Waals surface area contributed by atoms with Crippen molar-refractivity contribution in [3.63, 3.8) is 0 Å². The SMILES string of the molecule is CN(C)CCn1c2c(c3cc(O)ccc31)CCOC2(C)C. The van der Waals surface area contributed by atoms with Gasteiger partial charge in [-0.2, -0.15) is 0 Å². The molecule has 0 saturated carbocycles. The summed E-state index contributed by atoms with van der Waals surface area (Å²) in [6.45, 7) is 6.91. The van der Waals surface area contributed by atoms with E-state index in [0.717, 1.165) is 26.1 Å². The van der Waals surface area contributed by atoms with Gasteiger partial charge < -0.3 is 19.3 Å². The first-order valence-electron chi connectivity index (χ1n) is 7.53. The van der Waals surface area contributed by atoms with Crippen LogP contribution in [0.2, 0.25) is 0 Å². The van der Waals surface area contributed by atoms with Crippen molar-refractivity contribution in [3.05, 3.63) is 29.5 Å². The van der Waals surface area contributed by atoms with Crippen molar-refractivity contribution in [1.82, 2.24) is 9.47 Å². The van der Waals surface area contributed by atoms with Crippen LogP contribution in [-0.4, -0.2) is 41.8 Å². The summed E-state index contributed by atoms with van der Waals surface area (Å²) in [6, 6.07) is 5.68. The number of aromatic hydroxyl groups is 1. The number of likely N-dealkylation sites (N-methyl/N-ethyl adjacent to an activating group) is 1. The van der Waals surface area contributed by atoms with Crippen molar-refractivity contribution in [2.45, 2.75) is 32.4 Å². The monoisotopic (exact) mass is 288 g/mol. The molecule has 0 amide bonds. The third kappa shape index (κ3) is 2.43. The Balaban J connectivity index is 2.23. The smallest absolute Gasteiger partial charge is 0.116 e. The number of aromatic nitrogens is 1. The fourth-order valence-electron chi connectivity index (χ4n) is 3.36. The third-order valence-corrected chi connectivity index (χ3v) is 4.31. The van der Waals surface area contributed by atoms with Crippen LogP contribution in [0.25, 0.3) is 10.9 Å². The Morgan fingerprint density at radius 2 is 2.10 bits per heavy atom. The van der Waals surface area contributed by atoms with Crippen LogP contribution in [0.1, 0.15) is 25.1 Å². The topological polar surface area (TPSA) is 37.6 Å². The second-order valence-electron chi connectivity index (χ2n) is 6.59. The maximum atomic E-state index is 9.84. The number of fused-ring (bicyclic) bond motifs is 3. The molecule has 114 valence electrons. The highest BCUT2D eigenvalue weighted by Gasteiger charge is 2.34. The zero-order valence-electron chi connectivity index (χ0n) is 13.3. The van der Waals surface area contributed by atoms with Crippen LogP contribution < -0.4 is 0 Å². The molecule has 4 heteroatoms. The molecule has 1 N–H and O–H groups in total. The van der Waals surface area contributed by atoms with Gasteiger partial charge in [-0.05, 0) is 58.1 Å². The zero-order valence-corrected chi connectivity index (χ0v) is 13.3. The average molecular weight is 288 g/mol. The fraction of sp³-hybridized carbons (Fsp3) is 0.529. The number of benzene rings is 1. The average Bonchev–Trinajstić information content (AvgIpc) is 2.71. The Morgan fingerprint density at radius 3 is 2.81 bits per heavy atom. The lowest BCUT2D eigenvalue weighted by atomic mass is 9.94. The van der Waals surface area contributed by atoms with Gasteiger partial charge in [-0.15, -0.1) is 0 Å². The summed E-state index contributed by atoms with van der Waals surface area (Å²) in [5, 5.41) is 11.0. The molecular weight excluding hydrogens is 264 g/mol. The molecule has 2 heterocycles. The second-order valence-corrected chi connectivity index (χ2v) is 6.59. The summed E-state index contributed by atoms with van der Waals surface area (Å²) in [6.07, 6.45) is 0.910. The maximum absolute atomic E-state index is 9.84. The highest BCUT2D eigenvalue weighted by molar-refractivity contribution is 5.87. The van der Waals surface area contributed by atoms with Crippen LogP contribution in [0.5, 0.6) is 5.75 Å². The summed E-state index contributed by atoms with van der Waals surface area (Å²) in [7, 11) is 4.18. The molecule has 3 rings (SSSR count). The summed E-state index contributed by atoms with van der Waals surface area (Å²) in [4.78, 5) is 2.19. The molecule has 1 aromatic carbocycles. The second kappa shape index (κ2) is 5.04. The number of phenols is 1. The van der Waals surface area contributed by atoms with Crippen LogP contribution >= 0.6 is 0 Å². The molecule has 21 heavy (non-hydrogen) atoms. The molecule has 0 spiro atoms. The van der Waals surface area contributed by atoms with Gasteiger partial charge in [-0.1, -0.05) is 0 Å². The molecular formula is C17H24N2O2. The Morgan fingerprint density at radius 1 is 1.33 bits per heavy atom. The van der Waals surface area contributed by atoms with Crippen molar-refractivity contribution in [2.75, 3.05) is 27.2 Å². The summed E-state index contributed by atoms with van der Waals surface area (Å²) >= 11 is 0. The Kier molecular flexibility index (Phi) is 3.46. The quantitative estimate of drug-likeness (QED) is 0.943. The van der Waals surface area contributed by atoms with E-state index in [-0.39, 0.29) is 5.60 Å². The molecule has 0 aliphatic carbocycles. The van der Waals surface area contributed by atoms with Crippen molar-refractivity contribution in [2.24, 2.45) is 0 Å². The van der Waals surface area contributed by atoms with Gasteiger partial charge in [0.1, 0.15) is 11.4 Å². The first-order chi connectivity index (χ1) is 9.90. The van der Waals surface area contributed by atoms with Gasteiger partial charge in [0.05, 0.1) is 12.3 Å². The number of phenolic OH excluding ortho intramolecular Hbond substituents is 1. The minimum absolute atomic E-state index is 0.283. The van der Waals surface area contributed by atoms with E-state index in [9.17, 15) is 5.11 Å². The van der Waals surface area contributed by atoms with Crippen LogP contribution in [0, 0.1) is 0 Å². The van der Waals surface area contributed by atoms with Crippen LogP contribution in [0.4, 0.5) is 0 Å². The van der Waals surface area contributed by atoms with Gasteiger partial charge in [0.25, 0.3) is 0 Å². The number of hydrogen-bond donors (Lipinski definition) is 1. The maximum Gasteiger partial charge on any atom is 0.116 e. The zero-order chi connectivity index (χ0) is 15.2. The molecule has 0 atom stereocenters. The first kappa shape index (κ1) is 14.4. The van der Waals surface area contributed by atoms with Gasteiger partial charge in [-0.3, -0.25) is 0 Å². The summed E-state index contributed by atoms with van der Waals surface area (Å²) in [5.41, 5.74) is 3.50. The molecule has 4 nitrogen and oxygen atoms in total. The van der Waals surface area contributed by atoms with Gasteiger partial charge in [0, 0.05) is 24.0 Å². The van der Waals surface area contributed by atoms with Crippen molar-refractivity contribution >= 4 is 10.9 Å². The largest absolute Gasteiger partial charge is 0.508 e. The lowest BCUT2D eigenvalue weighted by molar-refractivity contribution is -0.0370. The molecule has 0 saturated heterocycles. The summed E-state index contributed by atoms with van der Waals surface area (Å²) < 4.78 is 8.37.